The fraction of sp³-hybridized carbons (Fsp3) is 0.312. The molecule has 0 bridgehead atoms. The molecule has 1 unspecified atom stereocenters. The average Bonchev–Trinajstić information content (AvgIpc) is 3.27. The molecule has 1 amide bonds. The Labute approximate surface area is 143 Å². The number of nitrogens with zero attached hydrogens (tertiary/aromatic N) is 3. The van der Waals surface area contributed by atoms with Gasteiger partial charge in [-0.05, 0) is 24.8 Å². The van der Waals surface area contributed by atoms with Crippen LogP contribution in [0, 0.1) is 0 Å². The molecule has 0 aliphatic heterocycles. The molecule has 23 heavy (non-hydrogen) atoms. The van der Waals surface area contributed by atoms with Gasteiger partial charge in [0, 0.05) is 11.4 Å². The maximum Gasteiger partial charge on any atom is 0.231 e. The lowest BCUT2D eigenvalue weighted by molar-refractivity contribution is -0.115. The number of carbonyl (C=O) groups excluding carboxylic acids is 1. The maximum absolute atomic E-state index is 12.3. The van der Waals surface area contributed by atoms with Crippen molar-refractivity contribution in [3.05, 3.63) is 40.8 Å². The first-order valence-corrected chi connectivity index (χ1v) is 9.25. The van der Waals surface area contributed by atoms with Crippen LogP contribution in [0.1, 0.15) is 32.0 Å². The fourth-order valence-electron chi connectivity index (χ4n) is 2.19. The van der Waals surface area contributed by atoms with Crippen molar-refractivity contribution in [3.8, 4) is 9.88 Å². The lowest BCUT2D eigenvalue weighted by Crippen LogP contribution is -2.19. The number of hydrogen-bond acceptors (Lipinski definition) is 5. The van der Waals surface area contributed by atoms with Crippen molar-refractivity contribution in [3.63, 3.8) is 0 Å². The molecule has 0 radical (unpaired) electrons. The van der Waals surface area contributed by atoms with Crippen molar-refractivity contribution in [2.24, 2.45) is 0 Å². The van der Waals surface area contributed by atoms with Gasteiger partial charge in [0.05, 0.1) is 29.2 Å². The van der Waals surface area contributed by atoms with Crippen LogP contribution in [0.4, 0.5) is 5.82 Å². The average molecular weight is 346 g/mol. The molecule has 0 saturated carbocycles. The Balaban J connectivity index is 1.65. The van der Waals surface area contributed by atoms with Gasteiger partial charge in [0.15, 0.2) is 0 Å². The first-order chi connectivity index (χ1) is 11.2. The quantitative estimate of drug-likeness (QED) is 0.727. The molecule has 0 aliphatic carbocycles. The highest BCUT2D eigenvalue weighted by Crippen LogP contribution is 2.28. The predicted molar refractivity (Wildman–Crippen MR) is 95.0 cm³/mol. The van der Waals surface area contributed by atoms with Crippen LogP contribution in [0.15, 0.2) is 35.2 Å². The van der Waals surface area contributed by atoms with Gasteiger partial charge in [0.2, 0.25) is 5.91 Å². The number of nitrogens with one attached hydrogen (secondary N) is 1. The lowest BCUT2D eigenvalue weighted by atomic mass is 10.2. The molecule has 1 N–H and O–H groups in total. The molecule has 120 valence electrons. The van der Waals surface area contributed by atoms with Crippen LogP contribution in [0.3, 0.4) is 0 Å². The van der Waals surface area contributed by atoms with Gasteiger partial charge in [0.25, 0.3) is 0 Å². The van der Waals surface area contributed by atoms with E-state index in [1.165, 1.54) is 0 Å². The number of carbonyl (C=O) groups is 1. The normalized spacial score (nSPS) is 12.3. The van der Waals surface area contributed by atoms with Crippen LogP contribution in [0.2, 0.25) is 0 Å². The van der Waals surface area contributed by atoms with Gasteiger partial charge < -0.3 is 5.32 Å². The Bertz CT molecular complexity index is 776. The molecule has 0 spiro atoms. The highest BCUT2D eigenvalue weighted by atomic mass is 32.1. The van der Waals surface area contributed by atoms with E-state index in [0.717, 1.165) is 27.8 Å². The summed E-state index contributed by atoms with van der Waals surface area (Å²) >= 11 is 3.23. The largest absolute Gasteiger partial charge is 0.311 e. The van der Waals surface area contributed by atoms with Crippen molar-refractivity contribution in [1.82, 2.24) is 14.8 Å². The molecule has 3 rings (SSSR count). The van der Waals surface area contributed by atoms with E-state index in [-0.39, 0.29) is 18.4 Å². The Morgan fingerprint density at radius 3 is 3.00 bits per heavy atom. The Morgan fingerprint density at radius 2 is 2.26 bits per heavy atom. The van der Waals surface area contributed by atoms with Crippen molar-refractivity contribution < 1.29 is 4.79 Å². The van der Waals surface area contributed by atoms with Crippen molar-refractivity contribution in [2.75, 3.05) is 5.32 Å². The number of amides is 1. The number of thiazole rings is 1. The van der Waals surface area contributed by atoms with E-state index in [0.29, 0.717) is 0 Å². The fourth-order valence-corrected chi connectivity index (χ4v) is 3.82. The zero-order valence-corrected chi connectivity index (χ0v) is 14.7. The Hall–Kier alpha value is -1.99. The van der Waals surface area contributed by atoms with Crippen LogP contribution >= 0.6 is 22.7 Å². The Kier molecular flexibility index (Phi) is 4.88. The second-order valence-corrected chi connectivity index (χ2v) is 7.07. The second-order valence-electron chi connectivity index (χ2n) is 5.26. The van der Waals surface area contributed by atoms with Crippen LogP contribution in [-0.4, -0.2) is 20.7 Å². The smallest absolute Gasteiger partial charge is 0.231 e. The minimum atomic E-state index is -0.0712. The summed E-state index contributed by atoms with van der Waals surface area (Å²) in [7, 11) is 0. The molecule has 0 fully saturated rings. The Morgan fingerprint density at radius 1 is 1.39 bits per heavy atom. The topological polar surface area (TPSA) is 59.8 Å². The zero-order chi connectivity index (χ0) is 16.2. The molecule has 5 nitrogen and oxygen atoms in total. The summed E-state index contributed by atoms with van der Waals surface area (Å²) in [5.41, 5.74) is 0.797. The molecule has 1 atom stereocenters. The van der Waals surface area contributed by atoms with Crippen molar-refractivity contribution >= 4 is 34.4 Å². The molecule has 0 aliphatic rings. The van der Waals surface area contributed by atoms with Crippen LogP contribution in [0.5, 0.6) is 0 Å². The van der Waals surface area contributed by atoms with E-state index in [1.54, 1.807) is 28.9 Å². The first-order valence-electron chi connectivity index (χ1n) is 7.49. The van der Waals surface area contributed by atoms with Gasteiger partial charge in [-0.15, -0.1) is 22.7 Å². The van der Waals surface area contributed by atoms with Crippen LogP contribution in [-0.2, 0) is 11.2 Å². The number of hydrogen-bond donors (Lipinski definition) is 1. The minimum Gasteiger partial charge on any atom is -0.311 e. The number of thiophene rings is 1. The third-order valence-corrected chi connectivity index (χ3v) is 5.50. The van der Waals surface area contributed by atoms with Crippen molar-refractivity contribution in [1.29, 1.82) is 0 Å². The van der Waals surface area contributed by atoms with Crippen molar-refractivity contribution in [2.45, 2.75) is 32.7 Å². The van der Waals surface area contributed by atoms with Gasteiger partial charge in [0.1, 0.15) is 10.8 Å². The minimum absolute atomic E-state index is 0.0712. The molecule has 0 saturated heterocycles. The lowest BCUT2D eigenvalue weighted by Gasteiger charge is -2.13. The summed E-state index contributed by atoms with van der Waals surface area (Å²) in [6, 6.07) is 6.12. The highest BCUT2D eigenvalue weighted by molar-refractivity contribution is 7.20. The van der Waals surface area contributed by atoms with E-state index >= 15 is 0 Å². The van der Waals surface area contributed by atoms with Gasteiger partial charge in [-0.2, -0.15) is 5.10 Å². The van der Waals surface area contributed by atoms with Crippen LogP contribution in [0.25, 0.3) is 9.88 Å². The third kappa shape index (κ3) is 3.68. The maximum atomic E-state index is 12.3. The van der Waals surface area contributed by atoms with Gasteiger partial charge >= 0.3 is 0 Å². The summed E-state index contributed by atoms with van der Waals surface area (Å²) in [4.78, 5) is 17.9. The number of anilines is 1. The monoisotopic (exact) mass is 346 g/mol. The molecule has 3 aromatic rings. The summed E-state index contributed by atoms with van der Waals surface area (Å²) in [5.74, 6) is 0.663. The van der Waals surface area contributed by atoms with Gasteiger partial charge in [-0.3, -0.25) is 4.79 Å². The summed E-state index contributed by atoms with van der Waals surface area (Å²) in [6.07, 6.45) is 2.94. The highest BCUT2D eigenvalue weighted by Gasteiger charge is 2.13. The zero-order valence-electron chi connectivity index (χ0n) is 13.0. The van der Waals surface area contributed by atoms with E-state index < -0.39 is 0 Å². The second kappa shape index (κ2) is 7.06. The van der Waals surface area contributed by atoms with Crippen LogP contribution < -0.4 is 5.32 Å². The standard InChI is InChI=1S/C16H18N4OS2/c1-3-11(2)20-14(6-7-17-20)19-15(21)9-12-10-23-16(18-12)13-5-4-8-22-13/h4-8,10-11H,3,9H2,1-2H3,(H,19,21). The first kappa shape index (κ1) is 15.9. The molecule has 0 aromatic carbocycles. The predicted octanol–water partition coefficient (Wildman–Crippen LogP) is 4.22. The van der Waals surface area contributed by atoms with E-state index in [9.17, 15) is 4.79 Å². The summed E-state index contributed by atoms with van der Waals surface area (Å²) < 4.78 is 1.84. The third-order valence-electron chi connectivity index (χ3n) is 3.57. The van der Waals surface area contributed by atoms with Gasteiger partial charge in [-0.25, -0.2) is 9.67 Å². The number of aromatic nitrogens is 3. The SMILES string of the molecule is CCC(C)n1nccc1NC(=O)Cc1csc(-c2cccs2)n1. The molecular formula is C16H18N4OS2. The van der Waals surface area contributed by atoms with E-state index in [2.05, 4.69) is 29.2 Å². The van der Waals surface area contributed by atoms with E-state index in [1.807, 2.05) is 33.6 Å². The summed E-state index contributed by atoms with van der Waals surface area (Å²) in [5, 5.41) is 12.1. The molecular weight excluding hydrogens is 328 g/mol. The number of rotatable bonds is 6. The van der Waals surface area contributed by atoms with Gasteiger partial charge in [-0.1, -0.05) is 13.0 Å². The molecule has 3 aromatic heterocycles. The summed E-state index contributed by atoms with van der Waals surface area (Å²) in [6.45, 7) is 4.18. The molecule has 3 heterocycles. The molecule has 7 heteroatoms. The van der Waals surface area contributed by atoms with E-state index in [4.69, 9.17) is 0 Å².